The number of carbonyl (C=O) groups excluding carboxylic acids is 1. The van der Waals surface area contributed by atoms with Gasteiger partial charge in [-0.25, -0.2) is 9.59 Å². The summed E-state index contributed by atoms with van der Waals surface area (Å²) in [7, 11) is 0. The van der Waals surface area contributed by atoms with Gasteiger partial charge in [0.15, 0.2) is 0 Å². The van der Waals surface area contributed by atoms with E-state index in [-0.39, 0.29) is 5.41 Å². The molecular formula is C13H26N2O3. The zero-order valence-electron chi connectivity index (χ0n) is 12.1. The van der Waals surface area contributed by atoms with Gasteiger partial charge in [-0.05, 0) is 25.2 Å². The maximum atomic E-state index is 11.7. The second kappa shape index (κ2) is 6.61. The number of hydrogen-bond acceptors (Lipinski definition) is 2. The first-order valence-electron chi connectivity index (χ1n) is 6.46. The molecule has 0 rings (SSSR count). The van der Waals surface area contributed by atoms with Gasteiger partial charge in [0, 0.05) is 6.54 Å². The quantitative estimate of drug-likeness (QED) is 0.656. The largest absolute Gasteiger partial charge is 0.480 e. The Morgan fingerprint density at radius 2 is 1.72 bits per heavy atom. The molecule has 0 radical (unpaired) electrons. The number of carboxylic acids is 1. The van der Waals surface area contributed by atoms with Crippen molar-refractivity contribution >= 4 is 12.0 Å². The number of urea groups is 1. The van der Waals surface area contributed by atoms with Gasteiger partial charge in [-0.2, -0.15) is 0 Å². The van der Waals surface area contributed by atoms with Gasteiger partial charge in [-0.1, -0.05) is 34.1 Å². The van der Waals surface area contributed by atoms with Crippen LogP contribution >= 0.6 is 0 Å². The molecule has 18 heavy (non-hydrogen) atoms. The average molecular weight is 258 g/mol. The van der Waals surface area contributed by atoms with E-state index < -0.39 is 17.5 Å². The zero-order valence-corrected chi connectivity index (χ0v) is 12.1. The molecule has 0 aliphatic rings. The molecule has 0 heterocycles. The van der Waals surface area contributed by atoms with Crippen LogP contribution in [0.4, 0.5) is 4.79 Å². The molecule has 2 amide bonds. The molecule has 0 aliphatic carbocycles. The van der Waals surface area contributed by atoms with E-state index in [1.54, 1.807) is 0 Å². The second-order valence-electron chi connectivity index (χ2n) is 5.71. The van der Waals surface area contributed by atoms with Crippen LogP contribution in [-0.4, -0.2) is 29.2 Å². The molecule has 1 atom stereocenters. The van der Waals surface area contributed by atoms with Gasteiger partial charge in [0.05, 0.1) is 0 Å². The lowest BCUT2D eigenvalue weighted by Gasteiger charge is -2.28. The van der Waals surface area contributed by atoms with Gasteiger partial charge >= 0.3 is 12.0 Å². The van der Waals surface area contributed by atoms with Crippen molar-refractivity contribution in [3.63, 3.8) is 0 Å². The molecule has 0 saturated heterocycles. The Labute approximate surface area is 109 Å². The summed E-state index contributed by atoms with van der Waals surface area (Å²) in [4.78, 5) is 22.9. The van der Waals surface area contributed by atoms with Crippen molar-refractivity contribution in [3.05, 3.63) is 0 Å². The highest BCUT2D eigenvalue weighted by Gasteiger charge is 2.34. The highest BCUT2D eigenvalue weighted by atomic mass is 16.4. The molecule has 0 aromatic rings. The van der Waals surface area contributed by atoms with E-state index in [2.05, 4.69) is 31.4 Å². The third kappa shape index (κ3) is 5.38. The highest BCUT2D eigenvalue weighted by molar-refractivity contribution is 5.85. The fourth-order valence-electron chi connectivity index (χ4n) is 1.46. The average Bonchev–Trinajstić information content (AvgIpc) is 2.26. The summed E-state index contributed by atoms with van der Waals surface area (Å²) in [6, 6.07) is -0.421. The molecule has 0 aromatic carbocycles. The molecule has 106 valence electrons. The Balaban J connectivity index is 4.41. The summed E-state index contributed by atoms with van der Waals surface area (Å²) < 4.78 is 0. The molecule has 0 aliphatic heterocycles. The van der Waals surface area contributed by atoms with Gasteiger partial charge in [0.1, 0.15) is 5.54 Å². The number of carbonyl (C=O) groups is 2. The predicted octanol–water partition coefficient (Wildman–Crippen LogP) is 2.37. The Bertz CT molecular complexity index is 303. The lowest BCUT2D eigenvalue weighted by Crippen LogP contribution is -2.55. The topological polar surface area (TPSA) is 78.4 Å². The van der Waals surface area contributed by atoms with E-state index in [9.17, 15) is 9.59 Å². The highest BCUT2D eigenvalue weighted by Crippen LogP contribution is 2.18. The van der Waals surface area contributed by atoms with E-state index in [0.717, 1.165) is 6.42 Å². The molecular weight excluding hydrogens is 232 g/mol. The fourth-order valence-corrected chi connectivity index (χ4v) is 1.46. The minimum Gasteiger partial charge on any atom is -0.480 e. The smallest absolute Gasteiger partial charge is 0.329 e. The van der Waals surface area contributed by atoms with Crippen molar-refractivity contribution in [1.29, 1.82) is 0 Å². The van der Waals surface area contributed by atoms with Gasteiger partial charge in [0.25, 0.3) is 0 Å². The third-order valence-corrected chi connectivity index (χ3v) is 3.30. The first-order chi connectivity index (χ1) is 8.17. The monoisotopic (exact) mass is 258 g/mol. The van der Waals surface area contributed by atoms with Crippen molar-refractivity contribution in [1.82, 2.24) is 10.6 Å². The summed E-state index contributed by atoms with van der Waals surface area (Å²) in [6.07, 6.45) is 2.05. The number of carboxylic acid groups (broad SMARTS) is 1. The molecule has 3 N–H and O–H groups in total. The van der Waals surface area contributed by atoms with Crippen LogP contribution in [0.3, 0.4) is 0 Å². The van der Waals surface area contributed by atoms with Crippen LogP contribution in [0, 0.1) is 5.41 Å². The van der Waals surface area contributed by atoms with Crippen molar-refractivity contribution < 1.29 is 14.7 Å². The number of rotatable bonds is 7. The van der Waals surface area contributed by atoms with Crippen LogP contribution < -0.4 is 10.6 Å². The number of nitrogens with one attached hydrogen (secondary N) is 2. The summed E-state index contributed by atoms with van der Waals surface area (Å²) in [5.41, 5.74) is -1.18. The van der Waals surface area contributed by atoms with Crippen molar-refractivity contribution in [2.45, 2.75) is 59.4 Å². The first-order valence-corrected chi connectivity index (χ1v) is 6.46. The van der Waals surface area contributed by atoms with Crippen LogP contribution in [0.1, 0.15) is 53.9 Å². The minimum atomic E-state index is -1.20. The minimum absolute atomic E-state index is 0.0156. The zero-order chi connectivity index (χ0) is 14.4. The van der Waals surface area contributed by atoms with Crippen LogP contribution in [0.25, 0.3) is 0 Å². The normalized spacial score (nSPS) is 14.7. The Morgan fingerprint density at radius 3 is 2.11 bits per heavy atom. The summed E-state index contributed by atoms with van der Waals surface area (Å²) in [5.74, 6) is -1.01. The lowest BCUT2D eigenvalue weighted by molar-refractivity contribution is -0.144. The Morgan fingerprint density at radius 1 is 1.17 bits per heavy atom. The van der Waals surface area contributed by atoms with E-state index in [1.165, 1.54) is 6.92 Å². The number of amides is 2. The first kappa shape index (κ1) is 16.7. The molecule has 0 spiro atoms. The van der Waals surface area contributed by atoms with Crippen LogP contribution in [0.2, 0.25) is 0 Å². The summed E-state index contributed by atoms with van der Waals surface area (Å²) in [6.45, 7) is 10.1. The van der Waals surface area contributed by atoms with Crippen LogP contribution in [0.15, 0.2) is 0 Å². The molecule has 0 saturated carbocycles. The van der Waals surface area contributed by atoms with Crippen LogP contribution in [-0.2, 0) is 4.79 Å². The van der Waals surface area contributed by atoms with Crippen LogP contribution in [0.5, 0.6) is 0 Å². The second-order valence-corrected chi connectivity index (χ2v) is 5.71. The molecule has 5 nitrogen and oxygen atoms in total. The Hall–Kier alpha value is -1.26. The predicted molar refractivity (Wildman–Crippen MR) is 71.6 cm³/mol. The molecule has 1 unspecified atom stereocenters. The van der Waals surface area contributed by atoms with E-state index in [0.29, 0.717) is 19.4 Å². The Kier molecular flexibility index (Phi) is 6.15. The fraction of sp³-hybridized carbons (Fsp3) is 0.846. The van der Waals surface area contributed by atoms with Gasteiger partial charge in [0.2, 0.25) is 0 Å². The maximum absolute atomic E-state index is 11.7. The maximum Gasteiger partial charge on any atom is 0.329 e. The van der Waals surface area contributed by atoms with Gasteiger partial charge < -0.3 is 15.7 Å². The molecule has 0 aromatic heterocycles. The number of aliphatic carboxylic acids is 1. The van der Waals surface area contributed by atoms with Crippen molar-refractivity contribution in [2.75, 3.05) is 6.54 Å². The third-order valence-electron chi connectivity index (χ3n) is 3.30. The lowest BCUT2D eigenvalue weighted by atomic mass is 9.90. The van der Waals surface area contributed by atoms with Crippen molar-refractivity contribution in [2.24, 2.45) is 5.41 Å². The van der Waals surface area contributed by atoms with E-state index in [1.807, 2.05) is 6.92 Å². The van der Waals surface area contributed by atoms with Gasteiger partial charge in [-0.15, -0.1) is 0 Å². The molecule has 5 heteroatoms. The number of hydrogen-bond donors (Lipinski definition) is 3. The standard InChI is InChI=1S/C13H26N2O3/c1-6-8-13(5,10(16)17)15-11(18)14-9-12(3,4)7-2/h6-9H2,1-5H3,(H,16,17)(H2,14,15,18). The summed E-state index contributed by atoms with van der Waals surface area (Å²) >= 11 is 0. The molecule has 0 fully saturated rings. The van der Waals surface area contributed by atoms with E-state index >= 15 is 0 Å². The SMILES string of the molecule is CCCC(C)(NC(=O)NCC(C)(C)CC)C(=O)O. The van der Waals surface area contributed by atoms with Gasteiger partial charge in [-0.3, -0.25) is 0 Å². The summed E-state index contributed by atoms with van der Waals surface area (Å²) in [5, 5.41) is 14.4. The molecule has 0 bridgehead atoms. The van der Waals surface area contributed by atoms with Crippen molar-refractivity contribution in [3.8, 4) is 0 Å². The van der Waals surface area contributed by atoms with E-state index in [4.69, 9.17) is 5.11 Å².